The Morgan fingerprint density at radius 1 is 0.767 bits per heavy atom. The van der Waals surface area contributed by atoms with Crippen LogP contribution in [-0.4, -0.2) is 28.1 Å². The molecule has 1 heterocycles. The highest BCUT2D eigenvalue weighted by Crippen LogP contribution is 2.52. The molecule has 1 saturated carbocycles. The number of likely N-dealkylation sites (tertiary alicyclic amines) is 1. The molecule has 0 bridgehead atoms. The van der Waals surface area contributed by atoms with Crippen LogP contribution < -0.4 is 0 Å². The van der Waals surface area contributed by atoms with Gasteiger partial charge in [-0.3, -0.25) is 9.69 Å². The van der Waals surface area contributed by atoms with E-state index < -0.39 is 17.6 Å². The van der Waals surface area contributed by atoms with Crippen LogP contribution in [0.25, 0.3) is 0 Å². The molecule has 152 valence electrons. The maximum absolute atomic E-state index is 12.5. The van der Waals surface area contributed by atoms with Gasteiger partial charge in [0.2, 0.25) is 0 Å². The zero-order chi connectivity index (χ0) is 20.6. The third kappa shape index (κ3) is 2.88. The maximum atomic E-state index is 12.5. The van der Waals surface area contributed by atoms with Crippen LogP contribution >= 0.6 is 0 Å². The average molecular weight is 398 g/mol. The van der Waals surface area contributed by atoms with Crippen LogP contribution in [0.15, 0.2) is 91.0 Å². The number of hydrogen-bond donors (Lipinski definition) is 1. The Labute approximate surface area is 178 Å². The van der Waals surface area contributed by atoms with E-state index in [-0.39, 0.29) is 6.04 Å². The Morgan fingerprint density at radius 3 is 1.67 bits per heavy atom. The topological polar surface area (TPSA) is 40.5 Å². The number of rotatable bonds is 5. The quantitative estimate of drug-likeness (QED) is 0.594. The van der Waals surface area contributed by atoms with E-state index in [0.717, 1.165) is 36.0 Å². The predicted molar refractivity (Wildman–Crippen MR) is 118 cm³/mol. The number of carboxylic acid groups (broad SMARTS) is 1. The lowest BCUT2D eigenvalue weighted by Crippen LogP contribution is -2.56. The monoisotopic (exact) mass is 397 g/mol. The third-order valence-corrected chi connectivity index (χ3v) is 7.09. The van der Waals surface area contributed by atoms with Crippen LogP contribution in [0.4, 0.5) is 0 Å². The highest BCUT2D eigenvalue weighted by molar-refractivity contribution is 5.75. The first-order valence-electron chi connectivity index (χ1n) is 10.9. The van der Waals surface area contributed by atoms with E-state index in [1.165, 1.54) is 6.42 Å². The Morgan fingerprint density at radius 2 is 1.23 bits per heavy atom. The van der Waals surface area contributed by atoms with Crippen molar-refractivity contribution in [3.8, 4) is 0 Å². The fourth-order valence-corrected chi connectivity index (χ4v) is 5.98. The van der Waals surface area contributed by atoms with Crippen LogP contribution in [0.3, 0.4) is 0 Å². The van der Waals surface area contributed by atoms with Crippen LogP contribution in [-0.2, 0) is 10.3 Å². The molecule has 2 unspecified atom stereocenters. The van der Waals surface area contributed by atoms with Gasteiger partial charge in [0.1, 0.15) is 6.04 Å². The predicted octanol–water partition coefficient (Wildman–Crippen LogP) is 5.31. The fourth-order valence-electron chi connectivity index (χ4n) is 5.98. The number of aliphatic carboxylic acids is 1. The minimum atomic E-state index is -0.712. The van der Waals surface area contributed by atoms with Gasteiger partial charge in [0.15, 0.2) is 0 Å². The molecule has 1 aliphatic heterocycles. The van der Waals surface area contributed by atoms with Gasteiger partial charge in [-0.25, -0.2) is 0 Å². The molecule has 3 aromatic carbocycles. The number of benzene rings is 3. The lowest BCUT2D eigenvalue weighted by atomic mass is 9.74. The second-order valence-electron chi connectivity index (χ2n) is 8.56. The van der Waals surface area contributed by atoms with Gasteiger partial charge >= 0.3 is 5.97 Å². The number of carboxylic acids is 1. The van der Waals surface area contributed by atoms with Gasteiger partial charge in [-0.1, -0.05) is 97.4 Å². The standard InChI is InChI=1S/C27H27NO2/c29-26(30)25-19-20-11-10-18-24(20)28(25)27(21-12-4-1-5-13-21,22-14-6-2-7-15-22)23-16-8-3-9-17-23/h1-9,12-17,20,24-25H,10-11,18-19H2,(H,29,30)/t20?,24-,25?/m0/s1. The molecular formula is C27H27NO2. The van der Waals surface area contributed by atoms with Crippen molar-refractivity contribution in [3.63, 3.8) is 0 Å². The number of nitrogens with zero attached hydrogens (tertiary/aromatic N) is 1. The molecule has 3 heteroatoms. The minimum Gasteiger partial charge on any atom is -0.480 e. The van der Waals surface area contributed by atoms with Crippen molar-refractivity contribution in [1.29, 1.82) is 0 Å². The molecule has 2 aliphatic rings. The van der Waals surface area contributed by atoms with Crippen molar-refractivity contribution < 1.29 is 9.90 Å². The summed E-state index contributed by atoms with van der Waals surface area (Å²) in [4.78, 5) is 14.9. The van der Waals surface area contributed by atoms with Crippen LogP contribution in [0, 0.1) is 5.92 Å². The second kappa shape index (κ2) is 7.73. The van der Waals surface area contributed by atoms with E-state index in [2.05, 4.69) is 77.7 Å². The van der Waals surface area contributed by atoms with E-state index in [9.17, 15) is 9.90 Å². The summed E-state index contributed by atoms with van der Waals surface area (Å²) in [6, 6.07) is 31.2. The summed E-state index contributed by atoms with van der Waals surface area (Å²) in [7, 11) is 0. The Balaban J connectivity index is 1.85. The molecule has 30 heavy (non-hydrogen) atoms. The van der Waals surface area contributed by atoms with Crippen molar-refractivity contribution in [2.75, 3.05) is 0 Å². The molecule has 1 N–H and O–H groups in total. The molecule has 0 spiro atoms. The van der Waals surface area contributed by atoms with Crippen LogP contribution in [0.2, 0.25) is 0 Å². The minimum absolute atomic E-state index is 0.270. The molecule has 1 aliphatic carbocycles. The van der Waals surface area contributed by atoms with Gasteiger partial charge in [0.05, 0.1) is 5.54 Å². The Hall–Kier alpha value is -2.91. The van der Waals surface area contributed by atoms with E-state index >= 15 is 0 Å². The third-order valence-electron chi connectivity index (χ3n) is 7.09. The van der Waals surface area contributed by atoms with E-state index in [4.69, 9.17) is 0 Å². The number of hydrogen-bond acceptors (Lipinski definition) is 2. The highest BCUT2D eigenvalue weighted by Gasteiger charge is 2.56. The van der Waals surface area contributed by atoms with Crippen LogP contribution in [0.5, 0.6) is 0 Å². The summed E-state index contributed by atoms with van der Waals surface area (Å²) in [5.41, 5.74) is 2.74. The normalized spacial score (nSPS) is 23.9. The number of fused-ring (bicyclic) bond motifs is 1. The van der Waals surface area contributed by atoms with Crippen molar-refractivity contribution >= 4 is 5.97 Å². The lowest BCUT2D eigenvalue weighted by Gasteiger charge is -2.48. The zero-order valence-corrected chi connectivity index (χ0v) is 17.0. The SMILES string of the molecule is O=C(O)C1CC2CCC[C@@H]2N1C(c1ccccc1)(c1ccccc1)c1ccccc1. The van der Waals surface area contributed by atoms with Gasteiger partial charge in [0.25, 0.3) is 0 Å². The van der Waals surface area contributed by atoms with Gasteiger partial charge < -0.3 is 5.11 Å². The molecular weight excluding hydrogens is 370 g/mol. The summed E-state index contributed by atoms with van der Waals surface area (Å²) in [5.74, 6) is -0.266. The molecule has 3 atom stereocenters. The summed E-state index contributed by atoms with van der Waals surface area (Å²) in [5, 5.41) is 10.3. The summed E-state index contributed by atoms with van der Waals surface area (Å²) in [6.45, 7) is 0. The lowest BCUT2D eigenvalue weighted by molar-refractivity contribution is -0.144. The zero-order valence-electron chi connectivity index (χ0n) is 17.0. The van der Waals surface area contributed by atoms with E-state index in [0.29, 0.717) is 5.92 Å². The molecule has 3 nitrogen and oxygen atoms in total. The molecule has 0 aromatic heterocycles. The largest absolute Gasteiger partial charge is 0.480 e. The summed E-state index contributed by atoms with van der Waals surface area (Å²) in [6.07, 6.45) is 4.09. The first-order chi connectivity index (χ1) is 14.7. The molecule has 5 rings (SSSR count). The van der Waals surface area contributed by atoms with E-state index in [1.807, 2.05) is 18.2 Å². The van der Waals surface area contributed by atoms with Gasteiger partial charge in [0, 0.05) is 6.04 Å². The second-order valence-corrected chi connectivity index (χ2v) is 8.56. The van der Waals surface area contributed by atoms with Crippen LogP contribution in [0.1, 0.15) is 42.4 Å². The fraction of sp³-hybridized carbons (Fsp3) is 0.296. The van der Waals surface area contributed by atoms with Gasteiger partial charge in [-0.2, -0.15) is 0 Å². The summed E-state index contributed by atoms with van der Waals surface area (Å²) < 4.78 is 0. The summed E-state index contributed by atoms with van der Waals surface area (Å²) >= 11 is 0. The smallest absolute Gasteiger partial charge is 0.320 e. The van der Waals surface area contributed by atoms with Gasteiger partial charge in [-0.15, -0.1) is 0 Å². The van der Waals surface area contributed by atoms with Crippen molar-refractivity contribution in [1.82, 2.24) is 4.90 Å². The van der Waals surface area contributed by atoms with Crippen molar-refractivity contribution in [3.05, 3.63) is 108 Å². The average Bonchev–Trinajstić information content (AvgIpc) is 3.39. The van der Waals surface area contributed by atoms with Crippen molar-refractivity contribution in [2.45, 2.75) is 43.3 Å². The number of carbonyl (C=O) groups is 1. The van der Waals surface area contributed by atoms with Crippen molar-refractivity contribution in [2.24, 2.45) is 5.92 Å². The molecule has 0 amide bonds. The first-order valence-corrected chi connectivity index (χ1v) is 10.9. The van der Waals surface area contributed by atoms with E-state index in [1.54, 1.807) is 0 Å². The molecule has 3 aromatic rings. The van der Waals surface area contributed by atoms with Gasteiger partial charge in [-0.05, 0) is 41.9 Å². The highest BCUT2D eigenvalue weighted by atomic mass is 16.4. The first kappa shape index (κ1) is 19.1. The maximum Gasteiger partial charge on any atom is 0.320 e. The molecule has 0 radical (unpaired) electrons. The molecule has 2 fully saturated rings. The Kier molecular flexibility index (Phi) is 4.92. The molecule has 1 saturated heterocycles. The Bertz CT molecular complexity index is 906.